The molecule has 2 fully saturated rings. The Morgan fingerprint density at radius 1 is 1.13 bits per heavy atom. The topological polar surface area (TPSA) is 69.7 Å². The van der Waals surface area contributed by atoms with Crippen molar-refractivity contribution < 1.29 is 14.4 Å². The number of nitrogens with one attached hydrogen (secondary N) is 1. The first-order valence-electron chi connectivity index (χ1n) is 11.1. The predicted molar refractivity (Wildman–Crippen MR) is 119 cm³/mol. The van der Waals surface area contributed by atoms with Gasteiger partial charge in [0, 0.05) is 23.5 Å². The van der Waals surface area contributed by atoms with Crippen LogP contribution in [-0.4, -0.2) is 47.3 Å². The number of likely N-dealkylation sites (tertiary alicyclic amines) is 1. The molecular weight excluding hydrogens is 410 g/mol. The summed E-state index contributed by atoms with van der Waals surface area (Å²) in [6.45, 7) is 1.19. The first-order valence-corrected chi connectivity index (χ1v) is 12.0. The van der Waals surface area contributed by atoms with Crippen molar-refractivity contribution in [3.05, 3.63) is 57.8 Å². The van der Waals surface area contributed by atoms with Gasteiger partial charge in [0.2, 0.25) is 5.91 Å². The predicted octanol–water partition coefficient (Wildman–Crippen LogP) is 3.31. The standard InChI is InChI=1S/C24H27N3O3S/c28-21(26-12-8-18(9-13-26)15-17-5-2-1-3-6-17)16-27-22(29)24(25-23(27)30)11-4-7-20-19(24)10-14-31-20/h1-3,5-6,10,14,18H,4,7-9,11-13,15-16H2,(H,25,30). The number of thiophene rings is 1. The lowest BCUT2D eigenvalue weighted by atomic mass is 9.80. The van der Waals surface area contributed by atoms with Crippen molar-refractivity contribution in [2.45, 2.75) is 44.1 Å². The van der Waals surface area contributed by atoms with Gasteiger partial charge in [-0.15, -0.1) is 11.3 Å². The van der Waals surface area contributed by atoms with Gasteiger partial charge in [0.25, 0.3) is 5.91 Å². The molecule has 2 aliphatic heterocycles. The minimum Gasteiger partial charge on any atom is -0.341 e. The Morgan fingerprint density at radius 2 is 1.90 bits per heavy atom. The summed E-state index contributed by atoms with van der Waals surface area (Å²) in [4.78, 5) is 43.0. The van der Waals surface area contributed by atoms with Crippen LogP contribution in [-0.2, 0) is 28.0 Å². The fraction of sp³-hybridized carbons (Fsp3) is 0.458. The summed E-state index contributed by atoms with van der Waals surface area (Å²) in [5.74, 6) is 0.148. The molecule has 0 bridgehead atoms. The molecule has 3 aliphatic rings. The van der Waals surface area contributed by atoms with Crippen molar-refractivity contribution in [2.24, 2.45) is 5.92 Å². The summed E-state index contributed by atoms with van der Waals surface area (Å²) >= 11 is 1.63. The zero-order valence-corrected chi connectivity index (χ0v) is 18.3. The lowest BCUT2D eigenvalue weighted by Gasteiger charge is -2.33. The minimum absolute atomic E-state index is 0.139. The molecule has 6 nitrogen and oxygen atoms in total. The largest absolute Gasteiger partial charge is 0.341 e. The summed E-state index contributed by atoms with van der Waals surface area (Å²) in [6.07, 6.45) is 5.31. The Balaban J connectivity index is 1.21. The van der Waals surface area contributed by atoms with E-state index in [0.717, 1.165) is 47.4 Å². The van der Waals surface area contributed by atoms with Crippen LogP contribution in [0, 0.1) is 5.92 Å². The third-order valence-corrected chi connectivity index (χ3v) is 7.95. The number of carbonyl (C=O) groups excluding carboxylic acids is 3. The van der Waals surface area contributed by atoms with E-state index in [4.69, 9.17) is 0 Å². The van der Waals surface area contributed by atoms with E-state index in [1.807, 2.05) is 22.4 Å². The normalized spacial score (nSPS) is 23.9. The molecule has 3 heterocycles. The maximum Gasteiger partial charge on any atom is 0.325 e. The molecule has 1 atom stereocenters. The second kappa shape index (κ2) is 8.11. The summed E-state index contributed by atoms with van der Waals surface area (Å²) in [7, 11) is 0. The first-order chi connectivity index (χ1) is 15.1. The Kier molecular flexibility index (Phi) is 5.30. The molecule has 1 unspecified atom stereocenters. The van der Waals surface area contributed by atoms with Gasteiger partial charge in [-0.25, -0.2) is 4.79 Å². The number of benzene rings is 1. The maximum absolute atomic E-state index is 13.3. The highest BCUT2D eigenvalue weighted by Crippen LogP contribution is 2.42. The summed E-state index contributed by atoms with van der Waals surface area (Å²) in [6, 6.07) is 11.9. The molecule has 2 aromatic rings. The van der Waals surface area contributed by atoms with Gasteiger partial charge in [0.15, 0.2) is 0 Å². The molecule has 4 amide bonds. The zero-order chi connectivity index (χ0) is 21.4. The van der Waals surface area contributed by atoms with Crippen molar-refractivity contribution in [2.75, 3.05) is 19.6 Å². The molecule has 1 aromatic carbocycles. The van der Waals surface area contributed by atoms with Crippen LogP contribution in [0.3, 0.4) is 0 Å². The van der Waals surface area contributed by atoms with E-state index in [-0.39, 0.29) is 18.4 Å². The van der Waals surface area contributed by atoms with Crippen LogP contribution in [0.2, 0.25) is 0 Å². The van der Waals surface area contributed by atoms with Crippen LogP contribution in [0.5, 0.6) is 0 Å². The van der Waals surface area contributed by atoms with E-state index in [1.165, 1.54) is 5.56 Å². The summed E-state index contributed by atoms with van der Waals surface area (Å²) in [5.41, 5.74) is 1.27. The number of urea groups is 1. The third kappa shape index (κ3) is 3.65. The Labute approximate surface area is 186 Å². The number of hydrogen-bond acceptors (Lipinski definition) is 4. The maximum atomic E-state index is 13.3. The number of nitrogens with zero attached hydrogens (tertiary/aromatic N) is 2. The molecule has 5 rings (SSSR count). The van der Waals surface area contributed by atoms with Crippen LogP contribution in [0.25, 0.3) is 0 Å². The van der Waals surface area contributed by atoms with Crippen molar-refractivity contribution in [3.63, 3.8) is 0 Å². The monoisotopic (exact) mass is 437 g/mol. The van der Waals surface area contributed by atoms with E-state index < -0.39 is 11.6 Å². The molecule has 31 heavy (non-hydrogen) atoms. The van der Waals surface area contributed by atoms with Gasteiger partial charge in [0.05, 0.1) is 0 Å². The number of imide groups is 1. The third-order valence-electron chi connectivity index (χ3n) is 6.96. The number of amides is 4. The average molecular weight is 438 g/mol. The fourth-order valence-corrected chi connectivity index (χ4v) is 6.25. The Morgan fingerprint density at radius 3 is 2.68 bits per heavy atom. The number of rotatable bonds is 4. The van der Waals surface area contributed by atoms with E-state index in [9.17, 15) is 14.4 Å². The highest BCUT2D eigenvalue weighted by Gasteiger charge is 2.54. The van der Waals surface area contributed by atoms with E-state index >= 15 is 0 Å². The lowest BCUT2D eigenvalue weighted by molar-refractivity contribution is -0.140. The second-order valence-electron chi connectivity index (χ2n) is 8.85. The van der Waals surface area contributed by atoms with Gasteiger partial charge in [-0.1, -0.05) is 30.3 Å². The fourth-order valence-electron chi connectivity index (χ4n) is 5.25. The Hall–Kier alpha value is -2.67. The van der Waals surface area contributed by atoms with Gasteiger partial charge < -0.3 is 10.2 Å². The molecule has 162 valence electrons. The molecule has 0 radical (unpaired) electrons. The lowest BCUT2D eigenvalue weighted by Crippen LogP contribution is -2.48. The van der Waals surface area contributed by atoms with Gasteiger partial charge in [0.1, 0.15) is 12.1 Å². The average Bonchev–Trinajstić information content (AvgIpc) is 3.36. The van der Waals surface area contributed by atoms with Crippen LogP contribution < -0.4 is 5.32 Å². The van der Waals surface area contributed by atoms with Gasteiger partial charge in [-0.3, -0.25) is 14.5 Å². The van der Waals surface area contributed by atoms with Gasteiger partial charge >= 0.3 is 6.03 Å². The van der Waals surface area contributed by atoms with Gasteiger partial charge in [-0.05, 0) is 61.5 Å². The van der Waals surface area contributed by atoms with E-state index in [0.29, 0.717) is 25.4 Å². The molecule has 0 saturated carbocycles. The van der Waals surface area contributed by atoms with Crippen LogP contribution in [0.4, 0.5) is 4.79 Å². The van der Waals surface area contributed by atoms with Crippen LogP contribution in [0.15, 0.2) is 41.8 Å². The van der Waals surface area contributed by atoms with Crippen LogP contribution in [0.1, 0.15) is 41.7 Å². The second-order valence-corrected chi connectivity index (χ2v) is 9.85. The zero-order valence-electron chi connectivity index (χ0n) is 17.5. The minimum atomic E-state index is -0.979. The van der Waals surface area contributed by atoms with Crippen LogP contribution >= 0.6 is 11.3 Å². The highest BCUT2D eigenvalue weighted by atomic mass is 32.1. The number of fused-ring (bicyclic) bond motifs is 2. The smallest absolute Gasteiger partial charge is 0.325 e. The van der Waals surface area contributed by atoms with Crippen molar-refractivity contribution in [3.8, 4) is 0 Å². The molecule has 1 spiro atoms. The first kappa shape index (κ1) is 20.2. The molecule has 2 saturated heterocycles. The number of aryl methyl sites for hydroxylation is 1. The quantitative estimate of drug-likeness (QED) is 0.746. The van der Waals surface area contributed by atoms with Gasteiger partial charge in [-0.2, -0.15) is 0 Å². The van der Waals surface area contributed by atoms with Crippen molar-refractivity contribution in [1.82, 2.24) is 15.1 Å². The summed E-state index contributed by atoms with van der Waals surface area (Å²) < 4.78 is 0. The number of carbonyl (C=O) groups is 3. The van der Waals surface area contributed by atoms with E-state index in [2.05, 4.69) is 29.6 Å². The molecular formula is C24H27N3O3S. The molecule has 1 aromatic heterocycles. The highest BCUT2D eigenvalue weighted by molar-refractivity contribution is 7.10. The van der Waals surface area contributed by atoms with Crippen molar-refractivity contribution in [1.29, 1.82) is 0 Å². The van der Waals surface area contributed by atoms with Crippen molar-refractivity contribution >= 4 is 29.2 Å². The van der Waals surface area contributed by atoms with E-state index in [1.54, 1.807) is 11.3 Å². The molecule has 1 aliphatic carbocycles. The Bertz CT molecular complexity index is 997. The molecule has 1 N–H and O–H groups in total. The number of hydrogen-bond donors (Lipinski definition) is 1. The molecule has 7 heteroatoms. The SMILES string of the molecule is O=C(CN1C(=O)NC2(CCCc3sccc32)C1=O)N1CCC(Cc2ccccc2)CC1. The number of piperidine rings is 1. The summed E-state index contributed by atoms with van der Waals surface area (Å²) in [5, 5.41) is 4.90.